The van der Waals surface area contributed by atoms with Crippen LogP contribution < -0.4 is 15.0 Å². The first-order valence-electron chi connectivity index (χ1n) is 12.1. The quantitative estimate of drug-likeness (QED) is 0.154. The smallest absolute Gasteiger partial charge is 0.325 e. The number of benzene rings is 1. The third-order valence-electron chi connectivity index (χ3n) is 5.40. The molecule has 0 saturated carbocycles. The fourth-order valence-corrected chi connectivity index (χ4v) is 4.11. The Hall–Kier alpha value is -2.09. The van der Waals surface area contributed by atoms with Crippen LogP contribution in [0, 0.1) is 0 Å². The molecule has 0 unspecified atom stereocenters. The normalized spacial score (nSPS) is 11.3. The number of carboxylic acids is 1. The molecule has 0 bridgehead atoms. The molecule has 0 aromatic heterocycles. The number of nitrogens with zero attached hydrogens (tertiary/aromatic N) is 1. The Kier molecular flexibility index (Phi) is 14.6. The van der Waals surface area contributed by atoms with Crippen molar-refractivity contribution in [2.45, 2.75) is 77.0 Å². The Labute approximate surface area is 203 Å². The molecular formula is C24H41N2O7P. The Morgan fingerprint density at radius 3 is 2.06 bits per heavy atom. The van der Waals surface area contributed by atoms with E-state index < -0.39 is 13.6 Å². The standard InChI is InChI=1S/C24H41N2O7P/c1-26(2)20-15-16-22(33-17-12-14-24(28)29)21(19-20)25-23(27)13-10-8-6-4-3-5-7-9-11-18-34(30,31)32/h15-16,19H,3-14,17-18H2,1-2H3,(H,25,27)(H,28,29)(H2,30,31,32). The fourth-order valence-electron chi connectivity index (χ4n) is 3.48. The monoisotopic (exact) mass is 500 g/mol. The molecule has 0 fully saturated rings. The van der Waals surface area contributed by atoms with Gasteiger partial charge in [0, 0.05) is 38.8 Å². The van der Waals surface area contributed by atoms with Crippen LogP contribution in [0.15, 0.2) is 18.2 Å². The number of ether oxygens (including phenoxy) is 1. The summed E-state index contributed by atoms with van der Waals surface area (Å²) in [6, 6.07) is 5.53. The summed E-state index contributed by atoms with van der Waals surface area (Å²) in [6.07, 6.45) is 9.36. The molecule has 0 heterocycles. The molecule has 1 rings (SSSR count). The van der Waals surface area contributed by atoms with Crippen molar-refractivity contribution in [3.8, 4) is 5.75 Å². The maximum atomic E-state index is 12.5. The van der Waals surface area contributed by atoms with Crippen LogP contribution in [0.5, 0.6) is 5.75 Å². The first kappa shape index (κ1) is 29.9. The van der Waals surface area contributed by atoms with Crippen LogP contribution >= 0.6 is 7.60 Å². The van der Waals surface area contributed by atoms with E-state index in [0.717, 1.165) is 57.1 Å². The molecule has 194 valence electrons. The molecule has 34 heavy (non-hydrogen) atoms. The lowest BCUT2D eigenvalue weighted by molar-refractivity contribution is -0.137. The highest BCUT2D eigenvalue weighted by Gasteiger charge is 2.12. The minimum atomic E-state index is -3.85. The van der Waals surface area contributed by atoms with E-state index in [1.807, 2.05) is 31.1 Å². The summed E-state index contributed by atoms with van der Waals surface area (Å²) in [7, 11) is -0.0247. The summed E-state index contributed by atoms with van der Waals surface area (Å²) in [6.45, 7) is 0.264. The fraction of sp³-hybridized carbons (Fsp3) is 0.667. The van der Waals surface area contributed by atoms with E-state index in [9.17, 15) is 14.2 Å². The van der Waals surface area contributed by atoms with Gasteiger partial charge in [0.05, 0.1) is 12.3 Å². The van der Waals surface area contributed by atoms with E-state index in [0.29, 0.717) is 30.7 Å². The second kappa shape index (κ2) is 16.5. The van der Waals surface area contributed by atoms with Crippen molar-refractivity contribution in [3.05, 3.63) is 18.2 Å². The van der Waals surface area contributed by atoms with Crippen molar-refractivity contribution in [1.29, 1.82) is 0 Å². The van der Waals surface area contributed by atoms with Crippen LogP contribution in [0.3, 0.4) is 0 Å². The van der Waals surface area contributed by atoms with Crippen molar-refractivity contribution < 1.29 is 33.8 Å². The molecule has 0 atom stereocenters. The SMILES string of the molecule is CN(C)c1ccc(OCCCC(=O)O)c(NC(=O)CCCCCCCCCCCP(=O)(O)O)c1. The van der Waals surface area contributed by atoms with E-state index in [-0.39, 0.29) is 25.1 Å². The van der Waals surface area contributed by atoms with Crippen molar-refractivity contribution in [2.75, 3.05) is 37.1 Å². The van der Waals surface area contributed by atoms with Crippen LogP contribution in [0.2, 0.25) is 0 Å². The van der Waals surface area contributed by atoms with Crippen LogP contribution in [0.25, 0.3) is 0 Å². The van der Waals surface area contributed by atoms with Crippen LogP contribution in [-0.2, 0) is 14.2 Å². The van der Waals surface area contributed by atoms with E-state index >= 15 is 0 Å². The number of amides is 1. The van der Waals surface area contributed by atoms with Crippen LogP contribution in [0.1, 0.15) is 77.0 Å². The number of anilines is 2. The Morgan fingerprint density at radius 1 is 0.912 bits per heavy atom. The van der Waals surface area contributed by atoms with E-state index in [4.69, 9.17) is 19.6 Å². The molecule has 0 radical (unpaired) electrons. The highest BCUT2D eigenvalue weighted by Crippen LogP contribution is 2.35. The Morgan fingerprint density at radius 2 is 1.50 bits per heavy atom. The minimum Gasteiger partial charge on any atom is -0.491 e. The number of unbranched alkanes of at least 4 members (excludes halogenated alkanes) is 8. The summed E-state index contributed by atoms with van der Waals surface area (Å²) in [5.74, 6) is -0.403. The largest absolute Gasteiger partial charge is 0.491 e. The van der Waals surface area contributed by atoms with Crippen LogP contribution in [0.4, 0.5) is 11.4 Å². The topological polar surface area (TPSA) is 136 Å². The Bertz CT molecular complexity index is 796. The van der Waals surface area contributed by atoms with E-state index in [1.165, 1.54) is 0 Å². The van der Waals surface area contributed by atoms with Crippen molar-refractivity contribution in [2.24, 2.45) is 0 Å². The molecule has 9 nitrogen and oxygen atoms in total. The molecule has 1 aromatic carbocycles. The first-order valence-corrected chi connectivity index (χ1v) is 13.9. The lowest BCUT2D eigenvalue weighted by atomic mass is 10.1. The van der Waals surface area contributed by atoms with Gasteiger partial charge in [-0.1, -0.05) is 44.9 Å². The number of hydrogen-bond acceptors (Lipinski definition) is 5. The number of carboxylic acid groups (broad SMARTS) is 1. The van der Waals surface area contributed by atoms with Gasteiger partial charge in [0.15, 0.2) is 0 Å². The average Bonchev–Trinajstić information content (AvgIpc) is 2.74. The predicted octanol–water partition coefficient (Wildman–Crippen LogP) is 5.01. The van der Waals surface area contributed by atoms with Gasteiger partial charge >= 0.3 is 13.6 Å². The molecule has 0 aliphatic rings. The first-order chi connectivity index (χ1) is 16.1. The second-order valence-corrected chi connectivity index (χ2v) is 10.6. The molecule has 0 aliphatic carbocycles. The lowest BCUT2D eigenvalue weighted by Gasteiger charge is -2.17. The lowest BCUT2D eigenvalue weighted by Crippen LogP contribution is -2.14. The van der Waals surface area contributed by atoms with Crippen molar-refractivity contribution >= 4 is 30.8 Å². The summed E-state index contributed by atoms with van der Waals surface area (Å²) in [4.78, 5) is 42.7. The van der Waals surface area contributed by atoms with Gasteiger partial charge in [-0.3, -0.25) is 14.2 Å². The average molecular weight is 501 g/mol. The number of carbonyl (C=O) groups is 2. The minimum absolute atomic E-state index is 0.0210. The summed E-state index contributed by atoms with van der Waals surface area (Å²) in [5.41, 5.74) is 1.51. The number of rotatable bonds is 19. The zero-order chi connectivity index (χ0) is 25.4. The van der Waals surface area contributed by atoms with Gasteiger partial charge in [0.25, 0.3) is 0 Å². The molecule has 1 aromatic rings. The predicted molar refractivity (Wildman–Crippen MR) is 135 cm³/mol. The number of carbonyl (C=O) groups excluding carboxylic acids is 1. The number of aliphatic carboxylic acids is 1. The van der Waals surface area contributed by atoms with Gasteiger partial charge in [-0.2, -0.15) is 0 Å². The summed E-state index contributed by atoms with van der Waals surface area (Å²) >= 11 is 0. The Balaban J connectivity index is 2.29. The van der Waals surface area contributed by atoms with Gasteiger partial charge in [-0.25, -0.2) is 0 Å². The zero-order valence-corrected chi connectivity index (χ0v) is 21.4. The molecular weight excluding hydrogens is 459 g/mol. The van der Waals surface area contributed by atoms with Gasteiger partial charge < -0.3 is 29.8 Å². The van der Waals surface area contributed by atoms with E-state index in [2.05, 4.69) is 5.32 Å². The van der Waals surface area contributed by atoms with Crippen LogP contribution in [-0.4, -0.2) is 53.6 Å². The third kappa shape index (κ3) is 14.9. The summed E-state index contributed by atoms with van der Waals surface area (Å²) < 4.78 is 16.5. The highest BCUT2D eigenvalue weighted by atomic mass is 31.2. The molecule has 1 amide bonds. The molecule has 4 N–H and O–H groups in total. The number of hydrogen-bond donors (Lipinski definition) is 4. The van der Waals surface area contributed by atoms with E-state index in [1.54, 1.807) is 6.07 Å². The third-order valence-corrected chi connectivity index (χ3v) is 6.30. The van der Waals surface area contributed by atoms with Gasteiger partial charge in [0.2, 0.25) is 5.91 Å². The highest BCUT2D eigenvalue weighted by molar-refractivity contribution is 7.51. The van der Waals surface area contributed by atoms with Crippen molar-refractivity contribution in [3.63, 3.8) is 0 Å². The molecule has 10 heteroatoms. The maximum Gasteiger partial charge on any atom is 0.325 e. The zero-order valence-electron chi connectivity index (χ0n) is 20.5. The number of nitrogens with one attached hydrogen (secondary N) is 1. The van der Waals surface area contributed by atoms with Gasteiger partial charge in [0.1, 0.15) is 5.75 Å². The maximum absolute atomic E-state index is 12.5. The summed E-state index contributed by atoms with van der Waals surface area (Å²) in [5, 5.41) is 11.7. The molecule has 0 spiro atoms. The second-order valence-electron chi connectivity index (χ2n) is 8.79. The molecule has 0 saturated heterocycles. The van der Waals surface area contributed by atoms with Gasteiger partial charge in [-0.15, -0.1) is 0 Å². The van der Waals surface area contributed by atoms with Gasteiger partial charge in [-0.05, 0) is 37.5 Å². The molecule has 0 aliphatic heterocycles. The van der Waals surface area contributed by atoms with Crippen molar-refractivity contribution in [1.82, 2.24) is 0 Å².